The van der Waals surface area contributed by atoms with Gasteiger partial charge < -0.3 is 0 Å². The second-order valence-corrected chi connectivity index (χ2v) is 8.54. The minimum absolute atomic E-state index is 0.379. The molecule has 2 aliphatic rings. The van der Waals surface area contributed by atoms with Crippen LogP contribution in [0.2, 0.25) is 0 Å². The number of rotatable bonds is 4. The zero-order chi connectivity index (χ0) is 17.5. The topological polar surface area (TPSA) is 0 Å². The van der Waals surface area contributed by atoms with Gasteiger partial charge in [-0.05, 0) is 93.7 Å². The van der Waals surface area contributed by atoms with Crippen molar-refractivity contribution in [3.8, 4) is 11.8 Å². The molecular weight excluding hydrogens is 324 g/mol. The summed E-state index contributed by atoms with van der Waals surface area (Å²) in [5.41, 5.74) is 2.67. The lowest BCUT2D eigenvalue weighted by atomic mass is 9.77. The SMILES string of the molecule is C=CCCC1CCC(c2ccc(C#CC3CCC(Cl)CC3)cc2)CC1. The largest absolute Gasteiger partial charge is 0.123 e. The maximum Gasteiger partial charge on any atom is 0.0337 e. The van der Waals surface area contributed by atoms with Gasteiger partial charge >= 0.3 is 0 Å². The van der Waals surface area contributed by atoms with E-state index in [1.165, 1.54) is 44.1 Å². The number of hydrogen-bond donors (Lipinski definition) is 0. The molecule has 0 bridgehead atoms. The first-order chi connectivity index (χ1) is 12.2. The van der Waals surface area contributed by atoms with Gasteiger partial charge in [0.1, 0.15) is 0 Å². The molecule has 1 heteroatoms. The van der Waals surface area contributed by atoms with E-state index in [-0.39, 0.29) is 0 Å². The normalized spacial score (nSPS) is 29.5. The highest BCUT2D eigenvalue weighted by atomic mass is 35.5. The average molecular weight is 355 g/mol. The molecule has 0 atom stereocenters. The van der Waals surface area contributed by atoms with Crippen LogP contribution in [0.5, 0.6) is 0 Å². The van der Waals surface area contributed by atoms with E-state index >= 15 is 0 Å². The monoisotopic (exact) mass is 354 g/mol. The van der Waals surface area contributed by atoms with Crippen molar-refractivity contribution >= 4 is 11.6 Å². The summed E-state index contributed by atoms with van der Waals surface area (Å²) < 4.78 is 0. The molecule has 0 spiro atoms. The maximum absolute atomic E-state index is 6.17. The van der Waals surface area contributed by atoms with Gasteiger partial charge in [0.05, 0.1) is 0 Å². The van der Waals surface area contributed by atoms with Gasteiger partial charge in [-0.1, -0.05) is 30.0 Å². The van der Waals surface area contributed by atoms with E-state index in [0.717, 1.165) is 43.1 Å². The number of benzene rings is 1. The Morgan fingerprint density at radius 2 is 1.64 bits per heavy atom. The number of hydrogen-bond acceptors (Lipinski definition) is 0. The Kier molecular flexibility index (Phi) is 7.06. The van der Waals surface area contributed by atoms with Gasteiger partial charge in [-0.25, -0.2) is 0 Å². The second-order valence-electron chi connectivity index (χ2n) is 7.92. The number of alkyl halides is 1. The Morgan fingerprint density at radius 3 is 2.28 bits per heavy atom. The van der Waals surface area contributed by atoms with Gasteiger partial charge in [-0.3, -0.25) is 0 Å². The lowest BCUT2D eigenvalue weighted by molar-refractivity contribution is 0.312. The maximum atomic E-state index is 6.17. The standard InChI is InChI=1S/C24H31Cl/c1-2-3-4-19-7-13-22(14-8-19)23-15-9-20(10-16-23)5-6-21-11-17-24(25)18-12-21/h2,9-10,15-16,19,21-22,24H,1,3-4,7-8,11-14,17-18H2. The molecule has 0 radical (unpaired) electrons. The minimum atomic E-state index is 0.379. The van der Waals surface area contributed by atoms with E-state index < -0.39 is 0 Å². The molecular formula is C24H31Cl. The summed E-state index contributed by atoms with van der Waals surface area (Å²) in [6.07, 6.45) is 14.6. The summed E-state index contributed by atoms with van der Waals surface area (Å²) in [4.78, 5) is 0. The fourth-order valence-electron chi connectivity index (χ4n) is 4.36. The zero-order valence-corrected chi connectivity index (χ0v) is 16.1. The van der Waals surface area contributed by atoms with Crippen LogP contribution in [-0.4, -0.2) is 5.38 Å². The predicted molar refractivity (Wildman–Crippen MR) is 109 cm³/mol. The summed E-state index contributed by atoms with van der Waals surface area (Å²) in [5.74, 6) is 9.07. The van der Waals surface area contributed by atoms with Gasteiger partial charge in [0.25, 0.3) is 0 Å². The molecule has 1 aromatic carbocycles. The van der Waals surface area contributed by atoms with Crippen LogP contribution in [0, 0.1) is 23.7 Å². The van der Waals surface area contributed by atoms with Crippen molar-refractivity contribution in [2.75, 3.05) is 0 Å². The van der Waals surface area contributed by atoms with Crippen LogP contribution < -0.4 is 0 Å². The third-order valence-electron chi connectivity index (χ3n) is 6.09. The van der Waals surface area contributed by atoms with E-state index in [2.05, 4.69) is 48.8 Å². The first-order valence-corrected chi connectivity index (χ1v) is 10.5. The van der Waals surface area contributed by atoms with Crippen LogP contribution in [0.1, 0.15) is 81.3 Å². The summed E-state index contributed by atoms with van der Waals surface area (Å²) in [7, 11) is 0. The molecule has 0 heterocycles. The van der Waals surface area contributed by atoms with Gasteiger partial charge in [0, 0.05) is 16.9 Å². The highest BCUT2D eigenvalue weighted by Crippen LogP contribution is 2.37. The van der Waals surface area contributed by atoms with E-state index in [0.29, 0.717) is 11.3 Å². The molecule has 0 amide bonds. The fraction of sp³-hybridized carbons (Fsp3) is 0.583. The van der Waals surface area contributed by atoms with Crippen LogP contribution >= 0.6 is 11.6 Å². The summed E-state index contributed by atoms with van der Waals surface area (Å²) >= 11 is 6.17. The van der Waals surface area contributed by atoms with Crippen molar-refractivity contribution in [2.24, 2.45) is 11.8 Å². The van der Waals surface area contributed by atoms with E-state index in [1.807, 2.05) is 0 Å². The van der Waals surface area contributed by atoms with Gasteiger partial charge in [0.15, 0.2) is 0 Å². The molecule has 2 saturated carbocycles. The molecule has 0 nitrogen and oxygen atoms in total. The van der Waals surface area contributed by atoms with E-state index in [4.69, 9.17) is 11.6 Å². The van der Waals surface area contributed by atoms with Crippen LogP contribution in [0.3, 0.4) is 0 Å². The van der Waals surface area contributed by atoms with E-state index in [9.17, 15) is 0 Å². The first-order valence-electron chi connectivity index (χ1n) is 10.1. The predicted octanol–water partition coefficient (Wildman–Crippen LogP) is 7.08. The lowest BCUT2D eigenvalue weighted by Crippen LogP contribution is -2.13. The lowest BCUT2D eigenvalue weighted by Gasteiger charge is -2.28. The van der Waals surface area contributed by atoms with Gasteiger partial charge in [0.2, 0.25) is 0 Å². The van der Waals surface area contributed by atoms with Crippen molar-refractivity contribution in [2.45, 2.75) is 75.5 Å². The van der Waals surface area contributed by atoms with Crippen molar-refractivity contribution in [3.63, 3.8) is 0 Å². The van der Waals surface area contributed by atoms with E-state index in [1.54, 1.807) is 0 Å². The van der Waals surface area contributed by atoms with Crippen molar-refractivity contribution in [3.05, 3.63) is 48.0 Å². The van der Waals surface area contributed by atoms with Gasteiger partial charge in [-0.2, -0.15) is 0 Å². The molecule has 0 unspecified atom stereocenters. The quantitative estimate of drug-likeness (QED) is 0.308. The average Bonchev–Trinajstić information content (AvgIpc) is 2.67. The highest BCUT2D eigenvalue weighted by molar-refractivity contribution is 6.20. The first kappa shape index (κ1) is 18.6. The number of halogens is 1. The zero-order valence-electron chi connectivity index (χ0n) is 15.4. The molecule has 2 fully saturated rings. The number of allylic oxidation sites excluding steroid dienone is 1. The molecule has 0 aliphatic heterocycles. The Balaban J connectivity index is 1.50. The summed E-state index contributed by atoms with van der Waals surface area (Å²) in [6, 6.07) is 9.07. The van der Waals surface area contributed by atoms with Crippen LogP contribution in [0.4, 0.5) is 0 Å². The molecule has 3 rings (SSSR count). The third-order valence-corrected chi connectivity index (χ3v) is 6.52. The Labute approximate surface area is 159 Å². The fourth-order valence-corrected chi connectivity index (χ4v) is 4.61. The van der Waals surface area contributed by atoms with Crippen molar-refractivity contribution in [1.29, 1.82) is 0 Å². The molecule has 0 saturated heterocycles. The molecule has 0 N–H and O–H groups in total. The smallest absolute Gasteiger partial charge is 0.0337 e. The molecule has 2 aliphatic carbocycles. The van der Waals surface area contributed by atoms with Gasteiger partial charge in [-0.15, -0.1) is 18.2 Å². The van der Waals surface area contributed by atoms with Crippen LogP contribution in [0.25, 0.3) is 0 Å². The van der Waals surface area contributed by atoms with Crippen LogP contribution in [-0.2, 0) is 0 Å². The molecule has 25 heavy (non-hydrogen) atoms. The van der Waals surface area contributed by atoms with Crippen LogP contribution in [0.15, 0.2) is 36.9 Å². The minimum Gasteiger partial charge on any atom is -0.123 e. The van der Waals surface area contributed by atoms with Crippen molar-refractivity contribution < 1.29 is 0 Å². The second kappa shape index (κ2) is 9.49. The third kappa shape index (κ3) is 5.65. The molecule has 0 aromatic heterocycles. The Bertz CT molecular complexity index is 587. The van der Waals surface area contributed by atoms with Crippen molar-refractivity contribution in [1.82, 2.24) is 0 Å². The molecule has 1 aromatic rings. The Hall–Kier alpha value is -1.19. The Morgan fingerprint density at radius 1 is 0.960 bits per heavy atom. The molecule has 134 valence electrons. The summed E-state index contributed by atoms with van der Waals surface area (Å²) in [6.45, 7) is 3.85. The highest BCUT2D eigenvalue weighted by Gasteiger charge is 2.21. The summed E-state index contributed by atoms with van der Waals surface area (Å²) in [5, 5.41) is 0.379.